The highest BCUT2D eigenvalue weighted by atomic mass is 16.3. The van der Waals surface area contributed by atoms with E-state index in [-0.39, 0.29) is 16.6 Å². The van der Waals surface area contributed by atoms with E-state index in [2.05, 4.69) is 148 Å². The van der Waals surface area contributed by atoms with E-state index in [9.17, 15) is 5.11 Å². The van der Waals surface area contributed by atoms with Crippen LogP contribution in [-0.4, -0.2) is 24.2 Å². The maximum absolute atomic E-state index is 11.0. The standard InChI is InChI=1S/C42H38N4O/c1-41(2,3)26-12-11-13-28(24-26)45-35-16-9-7-14-29(35)32-20-23-38(44-40(32)45)46-36-17-10-8-15-30(36)31-19-21-34(43-39(31)46)33-25-27(42(4,5)6)18-22-37(33)47/h7-25,47H,1-6H3. The Morgan fingerprint density at radius 3 is 1.79 bits per heavy atom. The van der Waals surface area contributed by atoms with Gasteiger partial charge in [0, 0.05) is 32.8 Å². The lowest BCUT2D eigenvalue weighted by Gasteiger charge is -2.20. The van der Waals surface area contributed by atoms with Crippen molar-refractivity contribution in [2.45, 2.75) is 52.4 Å². The molecule has 0 bridgehead atoms. The minimum absolute atomic E-state index is 0.0144. The van der Waals surface area contributed by atoms with Gasteiger partial charge in [0.2, 0.25) is 0 Å². The highest BCUT2D eigenvalue weighted by molar-refractivity contribution is 6.10. The topological polar surface area (TPSA) is 55.9 Å². The lowest BCUT2D eigenvalue weighted by Crippen LogP contribution is -2.11. The summed E-state index contributed by atoms with van der Waals surface area (Å²) < 4.78 is 4.44. The maximum Gasteiger partial charge on any atom is 0.148 e. The van der Waals surface area contributed by atoms with Gasteiger partial charge in [-0.25, -0.2) is 9.97 Å². The van der Waals surface area contributed by atoms with Crippen LogP contribution >= 0.6 is 0 Å². The number of rotatable bonds is 3. The van der Waals surface area contributed by atoms with Crippen molar-refractivity contribution < 1.29 is 5.11 Å². The number of phenolic OH excluding ortho intramolecular Hbond substituents is 1. The lowest BCUT2D eigenvalue weighted by atomic mass is 9.85. The van der Waals surface area contributed by atoms with Crippen molar-refractivity contribution in [3.8, 4) is 28.5 Å². The Morgan fingerprint density at radius 1 is 0.511 bits per heavy atom. The molecule has 4 heterocycles. The van der Waals surface area contributed by atoms with Gasteiger partial charge < -0.3 is 5.11 Å². The first-order valence-corrected chi connectivity index (χ1v) is 16.2. The molecule has 8 aromatic rings. The fraction of sp³-hybridized carbons (Fsp3) is 0.190. The molecule has 8 rings (SSSR count). The number of aromatic nitrogens is 4. The molecule has 0 aliphatic heterocycles. The molecule has 5 nitrogen and oxygen atoms in total. The van der Waals surface area contributed by atoms with Gasteiger partial charge in [-0.3, -0.25) is 9.13 Å². The van der Waals surface area contributed by atoms with Crippen LogP contribution in [0.15, 0.2) is 115 Å². The fourth-order valence-corrected chi connectivity index (χ4v) is 6.76. The van der Waals surface area contributed by atoms with Crippen LogP contribution in [0.25, 0.3) is 66.6 Å². The zero-order valence-corrected chi connectivity index (χ0v) is 27.7. The van der Waals surface area contributed by atoms with Crippen molar-refractivity contribution in [3.05, 3.63) is 126 Å². The Morgan fingerprint density at radius 2 is 1.11 bits per heavy atom. The molecule has 1 N–H and O–H groups in total. The Labute approximate surface area is 274 Å². The summed E-state index contributed by atoms with van der Waals surface area (Å²) in [6, 6.07) is 40.0. The second kappa shape index (κ2) is 10.3. The van der Waals surface area contributed by atoms with E-state index in [1.54, 1.807) is 6.07 Å². The number of para-hydroxylation sites is 2. The van der Waals surface area contributed by atoms with Crippen molar-refractivity contribution in [2.75, 3.05) is 0 Å². The van der Waals surface area contributed by atoms with Crippen LogP contribution in [0.3, 0.4) is 0 Å². The minimum Gasteiger partial charge on any atom is -0.507 e. The van der Waals surface area contributed by atoms with Gasteiger partial charge >= 0.3 is 0 Å². The van der Waals surface area contributed by atoms with Crippen molar-refractivity contribution in [1.29, 1.82) is 0 Å². The monoisotopic (exact) mass is 614 g/mol. The molecule has 232 valence electrons. The van der Waals surface area contributed by atoms with Crippen LogP contribution in [0, 0.1) is 0 Å². The van der Waals surface area contributed by atoms with Crippen molar-refractivity contribution in [1.82, 2.24) is 19.1 Å². The first kappa shape index (κ1) is 29.0. The SMILES string of the molecule is CC(C)(C)c1cccc(-n2c3ccccc3c3ccc(-n4c5ccccc5c5ccc(-c6cc(C(C)(C)C)ccc6O)nc54)nc32)c1. The highest BCUT2D eigenvalue weighted by Gasteiger charge is 2.22. The summed E-state index contributed by atoms with van der Waals surface area (Å²) in [5.74, 6) is 1.01. The van der Waals surface area contributed by atoms with Crippen LogP contribution in [0.4, 0.5) is 0 Å². The summed E-state index contributed by atoms with van der Waals surface area (Å²) in [4.78, 5) is 10.7. The number of hydrogen-bond donors (Lipinski definition) is 1. The smallest absolute Gasteiger partial charge is 0.148 e. The van der Waals surface area contributed by atoms with Crippen LogP contribution in [-0.2, 0) is 10.8 Å². The minimum atomic E-state index is -0.0639. The van der Waals surface area contributed by atoms with E-state index >= 15 is 0 Å². The van der Waals surface area contributed by atoms with Crippen LogP contribution in [0.2, 0.25) is 0 Å². The summed E-state index contributed by atoms with van der Waals surface area (Å²) in [5.41, 5.74) is 8.74. The summed E-state index contributed by atoms with van der Waals surface area (Å²) in [6.07, 6.45) is 0. The molecule has 0 radical (unpaired) electrons. The molecule has 0 unspecified atom stereocenters. The fourth-order valence-electron chi connectivity index (χ4n) is 6.76. The largest absolute Gasteiger partial charge is 0.507 e. The lowest BCUT2D eigenvalue weighted by molar-refractivity contribution is 0.476. The van der Waals surface area contributed by atoms with Gasteiger partial charge in [0.15, 0.2) is 0 Å². The molecule has 0 atom stereocenters. The van der Waals surface area contributed by atoms with Gasteiger partial charge in [-0.2, -0.15) is 0 Å². The Balaban J connectivity index is 1.41. The van der Waals surface area contributed by atoms with E-state index in [1.807, 2.05) is 12.1 Å². The number of aromatic hydroxyl groups is 1. The molecule has 4 aromatic carbocycles. The van der Waals surface area contributed by atoms with E-state index < -0.39 is 0 Å². The Hall–Kier alpha value is -5.42. The van der Waals surface area contributed by atoms with Gasteiger partial charge in [0.25, 0.3) is 0 Å². The third kappa shape index (κ3) is 4.68. The van der Waals surface area contributed by atoms with E-state index in [1.165, 1.54) is 10.9 Å². The summed E-state index contributed by atoms with van der Waals surface area (Å²) in [7, 11) is 0. The summed E-state index contributed by atoms with van der Waals surface area (Å²) in [6.45, 7) is 13.3. The first-order chi connectivity index (χ1) is 22.5. The predicted molar refractivity (Wildman–Crippen MR) is 195 cm³/mol. The molecule has 0 aliphatic carbocycles. The van der Waals surface area contributed by atoms with Gasteiger partial charge in [-0.05, 0) is 82.6 Å². The summed E-state index contributed by atoms with van der Waals surface area (Å²) in [5, 5.41) is 15.4. The molecular formula is C42H38N4O. The zero-order valence-electron chi connectivity index (χ0n) is 27.7. The van der Waals surface area contributed by atoms with E-state index in [0.717, 1.165) is 66.8 Å². The predicted octanol–water partition coefficient (Wildman–Crippen LogP) is 10.6. The number of nitrogens with zero attached hydrogens (tertiary/aromatic N) is 4. The van der Waals surface area contributed by atoms with Gasteiger partial charge in [0.1, 0.15) is 22.9 Å². The van der Waals surface area contributed by atoms with Crippen molar-refractivity contribution in [3.63, 3.8) is 0 Å². The highest BCUT2D eigenvalue weighted by Crippen LogP contribution is 2.38. The third-order valence-corrected chi connectivity index (χ3v) is 9.37. The number of benzene rings is 4. The third-order valence-electron chi connectivity index (χ3n) is 9.37. The molecule has 0 saturated carbocycles. The average Bonchev–Trinajstić information content (AvgIpc) is 3.56. The molecule has 0 aliphatic rings. The van der Waals surface area contributed by atoms with Crippen LogP contribution in [0.1, 0.15) is 52.7 Å². The first-order valence-electron chi connectivity index (χ1n) is 16.2. The van der Waals surface area contributed by atoms with E-state index in [4.69, 9.17) is 9.97 Å². The Bertz CT molecular complexity index is 2500. The van der Waals surface area contributed by atoms with Crippen LogP contribution in [0.5, 0.6) is 5.75 Å². The van der Waals surface area contributed by atoms with E-state index in [0.29, 0.717) is 0 Å². The van der Waals surface area contributed by atoms with Gasteiger partial charge in [-0.15, -0.1) is 0 Å². The molecule has 0 saturated heterocycles. The van der Waals surface area contributed by atoms with Crippen molar-refractivity contribution >= 4 is 43.9 Å². The number of phenols is 1. The molecular weight excluding hydrogens is 576 g/mol. The average molecular weight is 615 g/mol. The molecule has 5 heteroatoms. The van der Waals surface area contributed by atoms with Crippen LogP contribution < -0.4 is 0 Å². The zero-order chi connectivity index (χ0) is 32.7. The number of hydrogen-bond acceptors (Lipinski definition) is 3. The quantitative estimate of drug-likeness (QED) is 0.215. The molecule has 0 spiro atoms. The normalized spacial score (nSPS) is 12.6. The summed E-state index contributed by atoms with van der Waals surface area (Å²) >= 11 is 0. The van der Waals surface area contributed by atoms with Crippen molar-refractivity contribution in [2.24, 2.45) is 0 Å². The number of pyridine rings is 2. The molecule has 47 heavy (non-hydrogen) atoms. The second-order valence-corrected chi connectivity index (χ2v) is 14.6. The molecule has 4 aromatic heterocycles. The molecule has 0 amide bonds. The maximum atomic E-state index is 11.0. The Kier molecular flexibility index (Phi) is 6.36. The number of fused-ring (bicyclic) bond motifs is 6. The van der Waals surface area contributed by atoms with Gasteiger partial charge in [-0.1, -0.05) is 96.1 Å². The second-order valence-electron chi connectivity index (χ2n) is 14.6. The molecule has 0 fully saturated rings. The van der Waals surface area contributed by atoms with Gasteiger partial charge in [0.05, 0.1) is 16.7 Å².